The van der Waals surface area contributed by atoms with E-state index in [9.17, 15) is 4.79 Å². The molecule has 41 heavy (non-hydrogen) atoms. The molecule has 1 aromatic carbocycles. The molecule has 6 nitrogen and oxygen atoms in total. The normalized spacial score (nSPS) is 24.5. The molecule has 1 radical (unpaired) electrons. The number of carbonyl (C=O) groups is 1. The standard InChI is InChI=1S/C35H44N3O3/c1-24(2)32-37-29(22-41-32)27-12-19-36-31(21-27)38(33(39)26-8-6-5-7-9-26)23-34-13-16-35(17-14-34,18-15-34)28-10-11-30(40-4)25(3)20-28/h5,10-12,19-22,24,26H,6-9,13-18,23H2,1-4H3. The number of amides is 1. The molecule has 6 heteroatoms. The van der Waals surface area contributed by atoms with E-state index in [-0.39, 0.29) is 28.6 Å². The summed E-state index contributed by atoms with van der Waals surface area (Å²) >= 11 is 0. The molecular weight excluding hydrogens is 510 g/mol. The smallest absolute Gasteiger partial charge is 0.231 e. The molecule has 0 spiro atoms. The Bertz CT molecular complexity index is 1360. The highest BCUT2D eigenvalue weighted by Gasteiger charge is 2.50. The third-order valence-electron chi connectivity index (χ3n) is 10.3. The van der Waals surface area contributed by atoms with Crippen LogP contribution >= 0.6 is 0 Å². The Morgan fingerprint density at radius 1 is 1.07 bits per heavy atom. The predicted molar refractivity (Wildman–Crippen MR) is 162 cm³/mol. The fourth-order valence-corrected chi connectivity index (χ4v) is 7.55. The summed E-state index contributed by atoms with van der Waals surface area (Å²) < 4.78 is 11.3. The molecule has 0 saturated heterocycles. The minimum absolute atomic E-state index is 0.0648. The average Bonchev–Trinajstić information content (AvgIpc) is 3.52. The van der Waals surface area contributed by atoms with Crippen LogP contribution in [0.25, 0.3) is 11.3 Å². The molecule has 4 saturated carbocycles. The number of anilines is 1. The lowest BCUT2D eigenvalue weighted by atomic mass is 9.51. The van der Waals surface area contributed by atoms with E-state index in [1.165, 1.54) is 30.4 Å². The van der Waals surface area contributed by atoms with Crippen LogP contribution in [0, 0.1) is 24.7 Å². The molecule has 7 rings (SSSR count). The average molecular weight is 555 g/mol. The van der Waals surface area contributed by atoms with Gasteiger partial charge in [0.05, 0.1) is 7.11 Å². The fourth-order valence-electron chi connectivity index (χ4n) is 7.55. The molecular formula is C35H44N3O3. The van der Waals surface area contributed by atoms with Crippen LogP contribution in [0.4, 0.5) is 5.82 Å². The molecule has 0 N–H and O–H groups in total. The van der Waals surface area contributed by atoms with E-state index in [4.69, 9.17) is 19.1 Å². The number of aryl methyl sites for hydroxylation is 1. The Morgan fingerprint density at radius 2 is 1.80 bits per heavy atom. The highest BCUT2D eigenvalue weighted by atomic mass is 16.5. The molecule has 0 unspecified atom stereocenters. The third-order valence-corrected chi connectivity index (χ3v) is 10.3. The van der Waals surface area contributed by atoms with Crippen molar-refractivity contribution in [2.24, 2.45) is 11.3 Å². The lowest BCUT2D eigenvalue weighted by Crippen LogP contribution is -2.51. The van der Waals surface area contributed by atoms with Crippen LogP contribution in [0.2, 0.25) is 0 Å². The van der Waals surface area contributed by atoms with E-state index >= 15 is 0 Å². The molecule has 4 aliphatic carbocycles. The van der Waals surface area contributed by atoms with Crippen molar-refractivity contribution in [3.63, 3.8) is 0 Å². The first kappa shape index (κ1) is 28.0. The van der Waals surface area contributed by atoms with Crippen molar-refractivity contribution in [2.75, 3.05) is 18.6 Å². The zero-order valence-electron chi connectivity index (χ0n) is 25.1. The van der Waals surface area contributed by atoms with Gasteiger partial charge < -0.3 is 9.15 Å². The second-order valence-corrected chi connectivity index (χ2v) is 13.2. The number of nitrogens with zero attached hydrogens (tertiary/aromatic N) is 3. The largest absolute Gasteiger partial charge is 0.496 e. The van der Waals surface area contributed by atoms with Crippen LogP contribution in [0.15, 0.2) is 47.2 Å². The number of pyridine rings is 1. The lowest BCUT2D eigenvalue weighted by molar-refractivity contribution is -0.123. The molecule has 217 valence electrons. The summed E-state index contributed by atoms with van der Waals surface area (Å²) in [7, 11) is 1.74. The van der Waals surface area contributed by atoms with Gasteiger partial charge in [0.1, 0.15) is 23.5 Å². The summed E-state index contributed by atoms with van der Waals surface area (Å²) in [5.41, 5.74) is 4.78. The Morgan fingerprint density at radius 3 is 2.44 bits per heavy atom. The molecule has 0 atom stereocenters. The van der Waals surface area contributed by atoms with Gasteiger partial charge in [0.25, 0.3) is 0 Å². The first-order valence-corrected chi connectivity index (χ1v) is 15.5. The van der Waals surface area contributed by atoms with Crippen LogP contribution in [0.3, 0.4) is 0 Å². The van der Waals surface area contributed by atoms with Crippen molar-refractivity contribution in [3.8, 4) is 17.0 Å². The van der Waals surface area contributed by atoms with Gasteiger partial charge in [0, 0.05) is 30.1 Å². The summed E-state index contributed by atoms with van der Waals surface area (Å²) in [5.74, 6) is 2.96. The molecule has 2 bridgehead atoms. The van der Waals surface area contributed by atoms with E-state index in [0.29, 0.717) is 0 Å². The van der Waals surface area contributed by atoms with E-state index in [1.54, 1.807) is 13.4 Å². The zero-order valence-corrected chi connectivity index (χ0v) is 25.1. The van der Waals surface area contributed by atoms with Crippen molar-refractivity contribution in [3.05, 3.63) is 66.2 Å². The van der Waals surface area contributed by atoms with E-state index in [1.807, 2.05) is 18.3 Å². The summed E-state index contributed by atoms with van der Waals surface area (Å²) in [5, 5.41) is 0. The van der Waals surface area contributed by atoms with Gasteiger partial charge in [-0.1, -0.05) is 26.0 Å². The van der Waals surface area contributed by atoms with Crippen LogP contribution in [0.5, 0.6) is 5.75 Å². The van der Waals surface area contributed by atoms with Crippen molar-refractivity contribution < 1.29 is 13.9 Å². The molecule has 1 amide bonds. The first-order chi connectivity index (χ1) is 19.8. The van der Waals surface area contributed by atoms with Crippen LogP contribution in [-0.4, -0.2) is 29.5 Å². The molecule has 4 aliphatic rings. The Kier molecular flexibility index (Phi) is 7.69. The number of oxazole rings is 1. The van der Waals surface area contributed by atoms with Crippen LogP contribution < -0.4 is 9.64 Å². The van der Waals surface area contributed by atoms with Crippen molar-refractivity contribution in [1.29, 1.82) is 0 Å². The topological polar surface area (TPSA) is 68.5 Å². The second-order valence-electron chi connectivity index (χ2n) is 13.2. The number of hydrogen-bond acceptors (Lipinski definition) is 5. The third kappa shape index (κ3) is 5.42. The minimum atomic E-state index is 0.0648. The van der Waals surface area contributed by atoms with Crippen LogP contribution in [-0.2, 0) is 10.2 Å². The molecule has 2 heterocycles. The maximum Gasteiger partial charge on any atom is 0.231 e. The maximum absolute atomic E-state index is 14.2. The zero-order chi connectivity index (χ0) is 28.6. The van der Waals surface area contributed by atoms with Gasteiger partial charge in [-0.25, -0.2) is 9.97 Å². The number of aromatic nitrogens is 2. The molecule has 0 aliphatic heterocycles. The number of rotatable bonds is 8. The van der Waals surface area contributed by atoms with Crippen molar-refractivity contribution in [1.82, 2.24) is 9.97 Å². The number of methoxy groups -OCH3 is 1. The molecule has 4 fully saturated rings. The van der Waals surface area contributed by atoms with Gasteiger partial charge >= 0.3 is 0 Å². The monoisotopic (exact) mass is 554 g/mol. The lowest BCUT2D eigenvalue weighted by Gasteiger charge is -2.55. The van der Waals surface area contributed by atoms with Crippen molar-refractivity contribution in [2.45, 2.75) is 96.3 Å². The van der Waals surface area contributed by atoms with Gasteiger partial charge in [-0.3, -0.25) is 9.69 Å². The predicted octanol–water partition coefficient (Wildman–Crippen LogP) is 8.20. The quantitative estimate of drug-likeness (QED) is 0.281. The highest BCUT2D eigenvalue weighted by molar-refractivity contribution is 5.94. The summed E-state index contributed by atoms with van der Waals surface area (Å²) in [6.07, 6.45) is 16.7. The SMILES string of the molecule is COc1ccc(C23CCC(CN(C(=O)C4CC[CH]CC4)c4cc(-c5coc(C(C)C)n5)ccn4)(CC2)CC3)cc1C. The van der Waals surface area contributed by atoms with Gasteiger partial charge in [-0.05, 0) is 118 Å². The number of carbonyl (C=O) groups excluding carboxylic acids is 1. The number of hydrogen-bond donors (Lipinski definition) is 0. The van der Waals surface area contributed by atoms with E-state index in [2.05, 4.69) is 50.3 Å². The van der Waals surface area contributed by atoms with Gasteiger partial charge in [0.2, 0.25) is 5.91 Å². The van der Waals surface area contributed by atoms with Crippen LogP contribution in [0.1, 0.15) is 101 Å². The first-order valence-electron chi connectivity index (χ1n) is 15.5. The Hall–Kier alpha value is -3.15. The maximum atomic E-state index is 14.2. The number of ether oxygens (including phenoxy) is 1. The second kappa shape index (κ2) is 11.3. The van der Waals surface area contributed by atoms with Crippen molar-refractivity contribution >= 4 is 11.7 Å². The Balaban J connectivity index is 1.27. The molecule has 3 aromatic rings. The van der Waals surface area contributed by atoms with Gasteiger partial charge in [-0.2, -0.15) is 0 Å². The fraction of sp³-hybridized carbons (Fsp3) is 0.543. The Labute approximate surface area is 244 Å². The summed E-state index contributed by atoms with van der Waals surface area (Å²) in [6, 6.07) is 10.8. The summed E-state index contributed by atoms with van der Waals surface area (Å²) in [6.45, 7) is 7.04. The van der Waals surface area contributed by atoms with E-state index < -0.39 is 0 Å². The number of fused-ring (bicyclic) bond motifs is 3. The minimum Gasteiger partial charge on any atom is -0.496 e. The molecule has 2 aromatic heterocycles. The highest BCUT2D eigenvalue weighted by Crippen LogP contribution is 2.58. The van der Waals surface area contributed by atoms with E-state index in [0.717, 1.165) is 80.2 Å². The van der Waals surface area contributed by atoms with Gasteiger partial charge in [0.15, 0.2) is 5.89 Å². The number of benzene rings is 1. The summed E-state index contributed by atoms with van der Waals surface area (Å²) in [4.78, 5) is 25.7. The van der Waals surface area contributed by atoms with Gasteiger partial charge in [-0.15, -0.1) is 0 Å².